The lowest BCUT2D eigenvalue weighted by Gasteiger charge is -2.36. The van der Waals surface area contributed by atoms with Gasteiger partial charge in [-0.15, -0.1) is 11.8 Å². The van der Waals surface area contributed by atoms with Gasteiger partial charge < -0.3 is 25.2 Å². The third-order valence-electron chi connectivity index (χ3n) is 7.99. The molecule has 234 valence electrons. The highest BCUT2D eigenvalue weighted by Crippen LogP contribution is 2.40. The fourth-order valence-corrected chi connectivity index (χ4v) is 6.39. The molecule has 0 spiro atoms. The Hall–Kier alpha value is -4.40. The van der Waals surface area contributed by atoms with Crippen LogP contribution in [-0.2, 0) is 29.2 Å². The minimum Gasteiger partial charge on any atom is -0.392 e. The Balaban J connectivity index is 1.11. The molecule has 0 radical (unpaired) electrons. The van der Waals surface area contributed by atoms with Crippen LogP contribution in [0.5, 0.6) is 0 Å². The number of hydrogen-bond acceptors (Lipinski definition) is 5. The molecule has 5 aromatic rings. The van der Waals surface area contributed by atoms with Gasteiger partial charge in [0.1, 0.15) is 0 Å². The Labute approximate surface area is 274 Å². The van der Waals surface area contributed by atoms with Crippen LogP contribution in [0.3, 0.4) is 0 Å². The molecule has 3 N–H and O–H groups in total. The first-order valence-corrected chi connectivity index (χ1v) is 16.5. The van der Waals surface area contributed by atoms with Gasteiger partial charge in [-0.3, -0.25) is 0 Å². The van der Waals surface area contributed by atoms with Crippen LogP contribution in [0.15, 0.2) is 138 Å². The van der Waals surface area contributed by atoms with Crippen molar-refractivity contribution in [3.63, 3.8) is 0 Å². The molecule has 0 bridgehead atoms. The number of amides is 2. The summed E-state index contributed by atoms with van der Waals surface area (Å²) < 4.78 is 13.1. The Kier molecular flexibility index (Phi) is 10.8. The summed E-state index contributed by atoms with van der Waals surface area (Å²) in [5.41, 5.74) is 7.14. The highest BCUT2D eigenvalue weighted by Gasteiger charge is 2.32. The maximum absolute atomic E-state index is 12.4. The van der Waals surface area contributed by atoms with Gasteiger partial charge in [0.15, 0.2) is 6.29 Å². The van der Waals surface area contributed by atoms with Crippen molar-refractivity contribution >= 4 is 17.8 Å². The number of urea groups is 1. The van der Waals surface area contributed by atoms with Gasteiger partial charge in [0.05, 0.1) is 18.8 Å². The highest BCUT2D eigenvalue weighted by molar-refractivity contribution is 7.99. The fourth-order valence-electron chi connectivity index (χ4n) is 5.45. The van der Waals surface area contributed by atoms with Crippen molar-refractivity contribution in [1.29, 1.82) is 0 Å². The molecule has 3 unspecified atom stereocenters. The van der Waals surface area contributed by atoms with E-state index in [1.807, 2.05) is 72.8 Å². The van der Waals surface area contributed by atoms with Crippen molar-refractivity contribution in [2.24, 2.45) is 0 Å². The number of ether oxygens (including phenoxy) is 2. The second-order valence-corrected chi connectivity index (χ2v) is 12.4. The van der Waals surface area contributed by atoms with Gasteiger partial charge in [-0.05, 0) is 51.6 Å². The monoisotopic (exact) mass is 630 g/mol. The quantitative estimate of drug-likeness (QED) is 0.128. The van der Waals surface area contributed by atoms with Crippen molar-refractivity contribution < 1.29 is 19.4 Å². The van der Waals surface area contributed by atoms with Gasteiger partial charge in [-0.1, -0.05) is 115 Å². The molecule has 0 aliphatic carbocycles. The van der Waals surface area contributed by atoms with Gasteiger partial charge in [-0.25, -0.2) is 4.79 Å². The van der Waals surface area contributed by atoms with Crippen molar-refractivity contribution in [1.82, 2.24) is 10.6 Å². The number of benzene rings is 5. The number of nitrogens with one attached hydrogen (secondary N) is 2. The molecular weight excluding hydrogens is 593 g/mol. The third-order valence-corrected chi connectivity index (χ3v) is 9.13. The molecule has 2 amide bonds. The lowest BCUT2D eigenvalue weighted by molar-refractivity contribution is -0.245. The first-order valence-electron chi connectivity index (χ1n) is 15.6. The zero-order valence-corrected chi connectivity index (χ0v) is 26.4. The standard InChI is InChI=1S/C39H38N2O4S/c42-26-29-14-16-32(17-15-29)37-23-35(27-46-36-12-5-2-6-13-36)44-38(45-37)33-20-18-31(19-21-33)34-11-7-10-30(22-34)25-41-39(43)40-24-28-8-3-1-4-9-28/h1-22,35,37-38,42H,23-27H2,(H2,40,41,43). The predicted molar refractivity (Wildman–Crippen MR) is 183 cm³/mol. The molecule has 0 saturated carbocycles. The number of thioether (sulfide) groups is 1. The lowest BCUT2D eigenvalue weighted by Crippen LogP contribution is -2.34. The van der Waals surface area contributed by atoms with Crippen LogP contribution in [0, 0.1) is 0 Å². The van der Waals surface area contributed by atoms with E-state index in [1.54, 1.807) is 11.8 Å². The molecule has 6 nitrogen and oxygen atoms in total. The van der Waals surface area contributed by atoms with Gasteiger partial charge in [0.25, 0.3) is 0 Å². The molecule has 7 heteroatoms. The summed E-state index contributed by atoms with van der Waals surface area (Å²) in [5, 5.41) is 15.4. The third kappa shape index (κ3) is 8.65. The SMILES string of the molecule is O=C(NCc1ccccc1)NCc1cccc(-c2ccc(C3OC(CSc4ccccc4)CC(c4ccc(CO)cc4)O3)cc2)c1. The fraction of sp³-hybridized carbons (Fsp3) is 0.205. The van der Waals surface area contributed by atoms with E-state index in [9.17, 15) is 9.90 Å². The largest absolute Gasteiger partial charge is 0.392 e. The second-order valence-electron chi connectivity index (χ2n) is 11.3. The van der Waals surface area contributed by atoms with Crippen LogP contribution in [0.4, 0.5) is 4.79 Å². The molecule has 1 heterocycles. The van der Waals surface area contributed by atoms with Crippen LogP contribution in [0.1, 0.15) is 46.6 Å². The Morgan fingerprint density at radius 2 is 1.33 bits per heavy atom. The van der Waals surface area contributed by atoms with E-state index < -0.39 is 6.29 Å². The van der Waals surface area contributed by atoms with E-state index in [0.717, 1.165) is 51.1 Å². The van der Waals surface area contributed by atoms with Crippen LogP contribution in [0.2, 0.25) is 0 Å². The van der Waals surface area contributed by atoms with Gasteiger partial charge >= 0.3 is 6.03 Å². The van der Waals surface area contributed by atoms with Gasteiger partial charge in [-0.2, -0.15) is 0 Å². The van der Waals surface area contributed by atoms with E-state index in [2.05, 4.69) is 71.3 Å². The molecule has 46 heavy (non-hydrogen) atoms. The summed E-state index contributed by atoms with van der Waals surface area (Å²) in [6, 6.07) is 44.5. The van der Waals surface area contributed by atoms with Crippen molar-refractivity contribution in [2.45, 2.75) is 49.5 Å². The maximum atomic E-state index is 12.4. The zero-order valence-electron chi connectivity index (χ0n) is 25.5. The average molecular weight is 631 g/mol. The number of aliphatic hydroxyl groups excluding tert-OH is 1. The predicted octanol–water partition coefficient (Wildman–Crippen LogP) is 8.18. The molecule has 6 rings (SSSR count). The number of carbonyl (C=O) groups excluding carboxylic acids is 1. The summed E-state index contributed by atoms with van der Waals surface area (Å²) in [6.07, 6.45) is 0.122. The Morgan fingerprint density at radius 3 is 2.04 bits per heavy atom. The van der Waals surface area contributed by atoms with E-state index in [-0.39, 0.29) is 24.8 Å². The summed E-state index contributed by atoms with van der Waals surface area (Å²) in [5.74, 6) is 0.818. The lowest BCUT2D eigenvalue weighted by atomic mass is 9.99. The van der Waals surface area contributed by atoms with Crippen LogP contribution >= 0.6 is 11.8 Å². The van der Waals surface area contributed by atoms with Crippen LogP contribution < -0.4 is 10.6 Å². The van der Waals surface area contributed by atoms with Crippen molar-refractivity contribution in [3.8, 4) is 11.1 Å². The molecule has 1 saturated heterocycles. The van der Waals surface area contributed by atoms with E-state index in [0.29, 0.717) is 13.1 Å². The first kappa shape index (κ1) is 31.6. The van der Waals surface area contributed by atoms with E-state index in [1.165, 1.54) is 4.90 Å². The van der Waals surface area contributed by atoms with Gasteiger partial charge in [0.2, 0.25) is 0 Å². The number of carbonyl (C=O) groups is 1. The van der Waals surface area contributed by atoms with Gasteiger partial charge in [0, 0.05) is 35.7 Å². The highest BCUT2D eigenvalue weighted by atomic mass is 32.2. The normalized spacial score (nSPS) is 17.7. The van der Waals surface area contributed by atoms with Crippen LogP contribution in [0.25, 0.3) is 11.1 Å². The van der Waals surface area contributed by atoms with Crippen LogP contribution in [-0.4, -0.2) is 23.0 Å². The number of aliphatic hydroxyl groups is 1. The topological polar surface area (TPSA) is 79.8 Å². The molecule has 1 aliphatic rings. The molecule has 1 aliphatic heterocycles. The molecule has 0 aromatic heterocycles. The molecule has 3 atom stereocenters. The molecular formula is C39H38N2O4S. The summed E-state index contributed by atoms with van der Waals surface area (Å²) in [7, 11) is 0. The second kappa shape index (κ2) is 15.7. The Morgan fingerprint density at radius 1 is 0.674 bits per heavy atom. The van der Waals surface area contributed by atoms with Crippen molar-refractivity contribution in [2.75, 3.05) is 5.75 Å². The zero-order chi connectivity index (χ0) is 31.6. The molecule has 1 fully saturated rings. The first-order chi connectivity index (χ1) is 22.6. The summed E-state index contributed by atoms with van der Waals surface area (Å²) >= 11 is 1.79. The number of hydrogen-bond donors (Lipinski definition) is 3. The Bertz CT molecular complexity index is 1680. The van der Waals surface area contributed by atoms with E-state index >= 15 is 0 Å². The minimum atomic E-state index is -0.503. The average Bonchev–Trinajstić information content (AvgIpc) is 3.13. The van der Waals surface area contributed by atoms with Crippen molar-refractivity contribution in [3.05, 3.63) is 161 Å². The number of rotatable bonds is 11. The summed E-state index contributed by atoms with van der Waals surface area (Å²) in [6.45, 7) is 0.930. The minimum absolute atomic E-state index is 0.000209. The maximum Gasteiger partial charge on any atom is 0.315 e. The summed E-state index contributed by atoms with van der Waals surface area (Å²) in [4.78, 5) is 13.6. The van der Waals surface area contributed by atoms with E-state index in [4.69, 9.17) is 9.47 Å². The molecule has 5 aromatic carbocycles. The smallest absolute Gasteiger partial charge is 0.315 e.